The van der Waals surface area contributed by atoms with Crippen molar-refractivity contribution in [1.29, 1.82) is 0 Å². The number of aliphatic hydroxyl groups is 1. The van der Waals surface area contributed by atoms with E-state index >= 15 is 4.39 Å². The van der Waals surface area contributed by atoms with Crippen molar-refractivity contribution in [3.05, 3.63) is 82.3 Å². The molecule has 9 heteroatoms. The van der Waals surface area contributed by atoms with Crippen molar-refractivity contribution >= 4 is 34.1 Å². The molecule has 0 aliphatic rings. The van der Waals surface area contributed by atoms with E-state index in [1.165, 1.54) is 18.5 Å². The minimum absolute atomic E-state index is 0.233. The van der Waals surface area contributed by atoms with Crippen molar-refractivity contribution in [2.24, 2.45) is 5.73 Å². The molecule has 0 radical (unpaired) electrons. The molecule has 1 unspecified atom stereocenters. The SMILES string of the molecule is Cc1nc2cc(F)c(-c3cnc(C(C)(C)O)nc3)cc2c(NC(C)c2cccc(C(N)=O)c2)c1Cl. The molecule has 2 heterocycles. The summed E-state index contributed by atoms with van der Waals surface area (Å²) in [6, 6.07) is 9.76. The van der Waals surface area contributed by atoms with E-state index in [1.54, 1.807) is 45.0 Å². The van der Waals surface area contributed by atoms with Crippen LogP contribution in [0.5, 0.6) is 0 Å². The van der Waals surface area contributed by atoms with Gasteiger partial charge in [-0.1, -0.05) is 23.7 Å². The van der Waals surface area contributed by atoms with Crippen LogP contribution in [0.1, 0.15) is 54.3 Å². The Balaban J connectivity index is 1.81. The normalized spacial score (nSPS) is 12.5. The van der Waals surface area contributed by atoms with Crippen LogP contribution >= 0.6 is 11.6 Å². The molecule has 180 valence electrons. The molecular weight excluding hydrogens is 469 g/mol. The third-order valence-corrected chi connectivity index (χ3v) is 6.18. The molecule has 4 N–H and O–H groups in total. The van der Waals surface area contributed by atoms with E-state index in [4.69, 9.17) is 17.3 Å². The summed E-state index contributed by atoms with van der Waals surface area (Å²) in [5.41, 5.74) is 7.72. The van der Waals surface area contributed by atoms with E-state index < -0.39 is 17.3 Å². The lowest BCUT2D eigenvalue weighted by Crippen LogP contribution is -2.19. The van der Waals surface area contributed by atoms with Crippen molar-refractivity contribution in [3.63, 3.8) is 0 Å². The number of nitrogens with zero attached hydrogens (tertiary/aromatic N) is 3. The van der Waals surface area contributed by atoms with Crippen LogP contribution in [0.4, 0.5) is 10.1 Å². The zero-order chi connectivity index (χ0) is 25.5. The number of primary amides is 1. The van der Waals surface area contributed by atoms with Crippen LogP contribution < -0.4 is 11.1 Å². The first kappa shape index (κ1) is 24.5. The maximum absolute atomic E-state index is 15.1. The Morgan fingerprint density at radius 2 is 1.89 bits per heavy atom. The van der Waals surface area contributed by atoms with Gasteiger partial charge in [-0.15, -0.1) is 0 Å². The summed E-state index contributed by atoms with van der Waals surface area (Å²) in [6.07, 6.45) is 2.94. The zero-order valence-corrected chi connectivity index (χ0v) is 20.5. The summed E-state index contributed by atoms with van der Waals surface area (Å²) < 4.78 is 15.1. The molecule has 0 fully saturated rings. The number of rotatable bonds is 6. The predicted octanol–water partition coefficient (Wildman–Crippen LogP) is 5.29. The number of nitrogens with one attached hydrogen (secondary N) is 1. The summed E-state index contributed by atoms with van der Waals surface area (Å²) in [6.45, 7) is 6.83. The maximum Gasteiger partial charge on any atom is 0.248 e. The van der Waals surface area contributed by atoms with Crippen molar-refractivity contribution < 1.29 is 14.3 Å². The van der Waals surface area contributed by atoms with Crippen molar-refractivity contribution in [1.82, 2.24) is 15.0 Å². The van der Waals surface area contributed by atoms with Gasteiger partial charge in [0.1, 0.15) is 11.4 Å². The molecule has 0 bridgehead atoms. The average Bonchev–Trinajstić information content (AvgIpc) is 2.81. The van der Waals surface area contributed by atoms with Gasteiger partial charge >= 0.3 is 0 Å². The van der Waals surface area contributed by atoms with Crippen molar-refractivity contribution in [3.8, 4) is 11.1 Å². The van der Waals surface area contributed by atoms with Gasteiger partial charge in [-0.3, -0.25) is 9.78 Å². The Bertz CT molecular complexity index is 1430. The van der Waals surface area contributed by atoms with E-state index in [2.05, 4.69) is 20.3 Å². The number of amides is 1. The predicted molar refractivity (Wildman–Crippen MR) is 135 cm³/mol. The number of benzene rings is 2. The second-order valence-electron chi connectivity index (χ2n) is 8.95. The smallest absolute Gasteiger partial charge is 0.248 e. The van der Waals surface area contributed by atoms with Crippen LogP contribution in [0.2, 0.25) is 5.02 Å². The standard InChI is InChI=1S/C26H25ClFN5O2/c1-13(15-6-5-7-16(8-15)24(29)34)33-23-19-9-18(17-11-30-25(31-12-17)26(3,4)35)20(28)10-21(19)32-14(2)22(23)27/h5-13,35H,1-4H3,(H2,29,34)(H,32,33). The van der Waals surface area contributed by atoms with Gasteiger partial charge in [-0.25, -0.2) is 14.4 Å². The largest absolute Gasteiger partial charge is 0.382 e. The fourth-order valence-electron chi connectivity index (χ4n) is 3.79. The Labute approximate surface area is 207 Å². The van der Waals surface area contributed by atoms with E-state index in [0.717, 1.165) is 5.56 Å². The van der Waals surface area contributed by atoms with Crippen molar-refractivity contribution in [2.45, 2.75) is 39.3 Å². The van der Waals surface area contributed by atoms with Gasteiger partial charge < -0.3 is 16.2 Å². The average molecular weight is 494 g/mol. The highest BCUT2D eigenvalue weighted by Gasteiger charge is 2.21. The van der Waals surface area contributed by atoms with Gasteiger partial charge in [-0.2, -0.15) is 0 Å². The molecule has 0 spiro atoms. The second-order valence-corrected chi connectivity index (χ2v) is 9.32. The maximum atomic E-state index is 15.1. The molecule has 0 aliphatic heterocycles. The number of hydrogen-bond donors (Lipinski definition) is 3. The topological polar surface area (TPSA) is 114 Å². The number of pyridine rings is 1. The highest BCUT2D eigenvalue weighted by atomic mass is 35.5. The molecule has 4 rings (SSSR count). The van der Waals surface area contributed by atoms with Crippen LogP contribution in [-0.4, -0.2) is 26.0 Å². The summed E-state index contributed by atoms with van der Waals surface area (Å²) in [5.74, 6) is -0.767. The first-order valence-electron chi connectivity index (χ1n) is 11.0. The Kier molecular flexibility index (Phi) is 6.44. The fourth-order valence-corrected chi connectivity index (χ4v) is 3.99. The summed E-state index contributed by atoms with van der Waals surface area (Å²) >= 11 is 6.65. The Hall–Kier alpha value is -3.62. The zero-order valence-electron chi connectivity index (χ0n) is 19.7. The molecule has 4 aromatic rings. The van der Waals surface area contributed by atoms with E-state index in [0.29, 0.717) is 38.4 Å². The quantitative estimate of drug-likeness (QED) is 0.336. The third-order valence-electron chi connectivity index (χ3n) is 5.72. The van der Waals surface area contributed by atoms with Crippen LogP contribution in [0.25, 0.3) is 22.0 Å². The number of carbonyl (C=O) groups excluding carboxylic acids is 1. The van der Waals surface area contributed by atoms with Crippen LogP contribution in [0.3, 0.4) is 0 Å². The molecule has 2 aromatic carbocycles. The lowest BCUT2D eigenvalue weighted by atomic mass is 10.0. The molecule has 0 aliphatic carbocycles. The number of fused-ring (bicyclic) bond motifs is 1. The number of aryl methyl sites for hydroxylation is 1. The van der Waals surface area contributed by atoms with Crippen LogP contribution in [-0.2, 0) is 5.60 Å². The minimum atomic E-state index is -1.21. The first-order chi connectivity index (χ1) is 16.5. The summed E-state index contributed by atoms with van der Waals surface area (Å²) in [4.78, 5) is 24.4. The number of carbonyl (C=O) groups is 1. The van der Waals surface area contributed by atoms with Crippen molar-refractivity contribution in [2.75, 3.05) is 5.32 Å². The number of halogens is 2. The van der Waals surface area contributed by atoms with Gasteiger partial charge in [0.15, 0.2) is 5.82 Å². The number of aromatic nitrogens is 3. The number of anilines is 1. The molecule has 0 saturated heterocycles. The molecule has 1 atom stereocenters. The Morgan fingerprint density at radius 1 is 1.20 bits per heavy atom. The first-order valence-corrected chi connectivity index (χ1v) is 11.3. The summed E-state index contributed by atoms with van der Waals surface area (Å²) in [5, 5.41) is 14.5. The monoisotopic (exact) mass is 493 g/mol. The molecular formula is C26H25ClFN5O2. The highest BCUT2D eigenvalue weighted by Crippen LogP contribution is 2.38. The molecule has 7 nitrogen and oxygen atoms in total. The Morgan fingerprint density at radius 3 is 2.51 bits per heavy atom. The third kappa shape index (κ3) is 4.94. The van der Waals surface area contributed by atoms with Crippen LogP contribution in [0, 0.1) is 12.7 Å². The number of hydrogen-bond acceptors (Lipinski definition) is 6. The van der Waals surface area contributed by atoms with Gasteiger partial charge in [-0.05, 0) is 51.5 Å². The van der Waals surface area contributed by atoms with E-state index in [1.807, 2.05) is 13.0 Å². The van der Waals surface area contributed by atoms with Crippen LogP contribution in [0.15, 0.2) is 48.8 Å². The second kappa shape index (κ2) is 9.20. The molecule has 35 heavy (non-hydrogen) atoms. The van der Waals surface area contributed by atoms with E-state index in [9.17, 15) is 9.90 Å². The lowest BCUT2D eigenvalue weighted by Gasteiger charge is -2.20. The summed E-state index contributed by atoms with van der Waals surface area (Å²) in [7, 11) is 0. The fraction of sp³-hybridized carbons (Fsp3) is 0.231. The van der Waals surface area contributed by atoms with Gasteiger partial charge in [0.2, 0.25) is 5.91 Å². The number of nitrogens with two attached hydrogens (primary N) is 1. The van der Waals surface area contributed by atoms with Gasteiger partial charge in [0.05, 0.1) is 21.9 Å². The minimum Gasteiger partial charge on any atom is -0.382 e. The highest BCUT2D eigenvalue weighted by molar-refractivity contribution is 6.35. The molecule has 0 saturated carbocycles. The molecule has 2 aromatic heterocycles. The van der Waals surface area contributed by atoms with Gasteiger partial charge in [0, 0.05) is 46.6 Å². The lowest BCUT2D eigenvalue weighted by molar-refractivity contribution is 0.0687. The van der Waals surface area contributed by atoms with Gasteiger partial charge in [0.25, 0.3) is 0 Å². The molecule has 1 amide bonds. The van der Waals surface area contributed by atoms with E-state index in [-0.39, 0.29) is 17.4 Å².